The van der Waals surface area contributed by atoms with E-state index in [4.69, 9.17) is 0 Å². The quantitative estimate of drug-likeness (QED) is 0.617. The van der Waals surface area contributed by atoms with Gasteiger partial charge in [0.1, 0.15) is 5.78 Å². The molecule has 1 aliphatic carbocycles. The Labute approximate surface area is 79.1 Å². The van der Waals surface area contributed by atoms with E-state index in [9.17, 15) is 9.59 Å². The molecule has 0 N–H and O–H groups in total. The lowest BCUT2D eigenvalue weighted by atomic mass is 10.1. The third-order valence-electron chi connectivity index (χ3n) is 2.68. The molecule has 1 atom stereocenters. The first kappa shape index (κ1) is 10.2. The molecule has 0 aromatic carbocycles. The van der Waals surface area contributed by atoms with E-state index in [0.29, 0.717) is 19.5 Å². The summed E-state index contributed by atoms with van der Waals surface area (Å²) in [6.07, 6.45) is 2.24. The van der Waals surface area contributed by atoms with E-state index in [0.717, 1.165) is 12.8 Å². The summed E-state index contributed by atoms with van der Waals surface area (Å²) in [5.74, 6) is -0.149. The summed E-state index contributed by atoms with van der Waals surface area (Å²) in [6, 6.07) is 0. The molecule has 1 rings (SSSR count). The fraction of sp³-hybridized carbons (Fsp3) is 0.800. The van der Waals surface area contributed by atoms with Gasteiger partial charge in [0.05, 0.1) is 5.92 Å². The van der Waals surface area contributed by atoms with Gasteiger partial charge >= 0.3 is 0 Å². The maximum atomic E-state index is 11.7. The SMILES string of the molecule is CCN(CC)C(=O)C1CCCC1=O. The van der Waals surface area contributed by atoms with Gasteiger partial charge in [0.25, 0.3) is 0 Å². The molecule has 1 amide bonds. The molecule has 0 heterocycles. The van der Waals surface area contributed by atoms with Gasteiger partial charge in [-0.3, -0.25) is 9.59 Å². The van der Waals surface area contributed by atoms with Crippen molar-refractivity contribution in [1.82, 2.24) is 4.90 Å². The average molecular weight is 183 g/mol. The normalized spacial score (nSPS) is 22.0. The predicted octanol–water partition coefficient (Wildman–Crippen LogP) is 1.22. The highest BCUT2D eigenvalue weighted by atomic mass is 16.2. The van der Waals surface area contributed by atoms with Gasteiger partial charge in [-0.15, -0.1) is 0 Å². The van der Waals surface area contributed by atoms with Crippen LogP contribution >= 0.6 is 0 Å². The Morgan fingerprint density at radius 3 is 2.46 bits per heavy atom. The molecule has 0 bridgehead atoms. The van der Waals surface area contributed by atoms with Gasteiger partial charge in [-0.25, -0.2) is 0 Å². The van der Waals surface area contributed by atoms with Crippen LogP contribution < -0.4 is 0 Å². The van der Waals surface area contributed by atoms with Gasteiger partial charge in [-0.1, -0.05) is 0 Å². The van der Waals surface area contributed by atoms with Crippen LogP contribution in [0.25, 0.3) is 0 Å². The zero-order valence-corrected chi connectivity index (χ0v) is 8.38. The van der Waals surface area contributed by atoms with E-state index in [2.05, 4.69) is 0 Å². The number of hydrogen-bond donors (Lipinski definition) is 0. The van der Waals surface area contributed by atoms with Crippen molar-refractivity contribution in [3.8, 4) is 0 Å². The Balaban J connectivity index is 2.60. The van der Waals surface area contributed by atoms with Crippen molar-refractivity contribution in [2.45, 2.75) is 33.1 Å². The first-order chi connectivity index (χ1) is 6.20. The number of carbonyl (C=O) groups is 2. The lowest BCUT2D eigenvalue weighted by Gasteiger charge is -2.21. The Morgan fingerprint density at radius 2 is 2.08 bits per heavy atom. The van der Waals surface area contributed by atoms with Gasteiger partial charge in [0.15, 0.2) is 0 Å². The Kier molecular flexibility index (Phi) is 3.46. The number of Topliss-reactive ketones (excluding diaryl/α,β-unsaturated/α-hetero) is 1. The molecule has 13 heavy (non-hydrogen) atoms. The Hall–Kier alpha value is -0.860. The number of ketones is 1. The van der Waals surface area contributed by atoms with E-state index in [1.165, 1.54) is 0 Å². The van der Waals surface area contributed by atoms with Crippen molar-refractivity contribution in [3.05, 3.63) is 0 Å². The van der Waals surface area contributed by atoms with Crippen molar-refractivity contribution in [2.75, 3.05) is 13.1 Å². The molecule has 0 aromatic heterocycles. The molecule has 1 saturated carbocycles. The summed E-state index contributed by atoms with van der Waals surface area (Å²) in [4.78, 5) is 24.8. The third kappa shape index (κ3) is 2.08. The molecule has 0 radical (unpaired) electrons. The van der Waals surface area contributed by atoms with Gasteiger partial charge in [0, 0.05) is 19.5 Å². The minimum absolute atomic E-state index is 0.0347. The van der Waals surface area contributed by atoms with Crippen LogP contribution in [0.15, 0.2) is 0 Å². The summed E-state index contributed by atoms with van der Waals surface area (Å²) in [5.41, 5.74) is 0. The Bertz CT molecular complexity index is 209. The highest BCUT2D eigenvalue weighted by Gasteiger charge is 2.32. The van der Waals surface area contributed by atoms with Gasteiger partial charge < -0.3 is 4.90 Å². The van der Waals surface area contributed by atoms with E-state index in [1.54, 1.807) is 4.90 Å². The fourth-order valence-electron chi connectivity index (χ4n) is 1.83. The second-order valence-corrected chi connectivity index (χ2v) is 3.42. The molecule has 0 spiro atoms. The van der Waals surface area contributed by atoms with Gasteiger partial charge in [-0.2, -0.15) is 0 Å². The van der Waals surface area contributed by atoms with Crippen molar-refractivity contribution in [2.24, 2.45) is 5.92 Å². The molecule has 1 unspecified atom stereocenters. The van der Waals surface area contributed by atoms with Crippen LogP contribution in [0.3, 0.4) is 0 Å². The summed E-state index contributed by atoms with van der Waals surface area (Å²) >= 11 is 0. The van der Waals surface area contributed by atoms with Crippen molar-refractivity contribution in [3.63, 3.8) is 0 Å². The molecule has 3 nitrogen and oxygen atoms in total. The predicted molar refractivity (Wildman–Crippen MR) is 50.3 cm³/mol. The number of carbonyl (C=O) groups excluding carboxylic acids is 2. The summed E-state index contributed by atoms with van der Waals surface area (Å²) in [6.45, 7) is 5.31. The highest BCUT2D eigenvalue weighted by molar-refractivity contribution is 6.02. The van der Waals surface area contributed by atoms with Crippen molar-refractivity contribution in [1.29, 1.82) is 0 Å². The summed E-state index contributed by atoms with van der Waals surface area (Å²) < 4.78 is 0. The lowest BCUT2D eigenvalue weighted by molar-refractivity contribution is -0.139. The van der Waals surface area contributed by atoms with Crippen LogP contribution in [0.1, 0.15) is 33.1 Å². The number of nitrogens with zero attached hydrogens (tertiary/aromatic N) is 1. The van der Waals surface area contributed by atoms with E-state index < -0.39 is 0 Å². The van der Waals surface area contributed by atoms with Crippen LogP contribution in [-0.4, -0.2) is 29.7 Å². The molecule has 1 aliphatic rings. The van der Waals surface area contributed by atoms with E-state index in [-0.39, 0.29) is 17.6 Å². The monoisotopic (exact) mass is 183 g/mol. The number of amides is 1. The minimum atomic E-state index is -0.320. The summed E-state index contributed by atoms with van der Waals surface area (Å²) in [5, 5.41) is 0. The molecule has 74 valence electrons. The van der Waals surface area contributed by atoms with Crippen LogP contribution in [0.5, 0.6) is 0 Å². The molecule has 0 aromatic rings. The van der Waals surface area contributed by atoms with Gasteiger partial charge in [0.2, 0.25) is 5.91 Å². The van der Waals surface area contributed by atoms with Gasteiger partial charge in [-0.05, 0) is 26.7 Å². The molecule has 3 heteroatoms. The zero-order chi connectivity index (χ0) is 9.84. The highest BCUT2D eigenvalue weighted by Crippen LogP contribution is 2.23. The maximum Gasteiger partial charge on any atom is 0.233 e. The van der Waals surface area contributed by atoms with Crippen molar-refractivity contribution >= 4 is 11.7 Å². The first-order valence-electron chi connectivity index (χ1n) is 5.02. The van der Waals surface area contributed by atoms with Crippen LogP contribution in [-0.2, 0) is 9.59 Å². The molecule has 0 saturated heterocycles. The maximum absolute atomic E-state index is 11.7. The lowest BCUT2D eigenvalue weighted by Crippen LogP contribution is -2.37. The van der Waals surface area contributed by atoms with Crippen LogP contribution in [0, 0.1) is 5.92 Å². The molecular weight excluding hydrogens is 166 g/mol. The first-order valence-corrected chi connectivity index (χ1v) is 5.02. The minimum Gasteiger partial charge on any atom is -0.343 e. The number of hydrogen-bond acceptors (Lipinski definition) is 2. The third-order valence-corrected chi connectivity index (χ3v) is 2.68. The molecule has 1 fully saturated rings. The summed E-state index contributed by atoms with van der Waals surface area (Å²) in [7, 11) is 0. The fourth-order valence-corrected chi connectivity index (χ4v) is 1.83. The largest absolute Gasteiger partial charge is 0.343 e. The van der Waals surface area contributed by atoms with E-state index >= 15 is 0 Å². The Morgan fingerprint density at radius 1 is 1.46 bits per heavy atom. The second kappa shape index (κ2) is 4.40. The van der Waals surface area contributed by atoms with Crippen LogP contribution in [0.4, 0.5) is 0 Å². The van der Waals surface area contributed by atoms with E-state index in [1.807, 2.05) is 13.8 Å². The van der Waals surface area contributed by atoms with Crippen molar-refractivity contribution < 1.29 is 9.59 Å². The average Bonchev–Trinajstić information content (AvgIpc) is 2.53. The topological polar surface area (TPSA) is 37.4 Å². The zero-order valence-electron chi connectivity index (χ0n) is 8.38. The molecule has 0 aliphatic heterocycles. The standard InChI is InChI=1S/C10H17NO2/c1-3-11(4-2)10(13)8-6-5-7-9(8)12/h8H,3-7H2,1-2H3. The second-order valence-electron chi connectivity index (χ2n) is 3.42. The number of rotatable bonds is 3. The van der Waals surface area contributed by atoms with Crippen LogP contribution in [0.2, 0.25) is 0 Å². The smallest absolute Gasteiger partial charge is 0.233 e. The molecular formula is C10H17NO2.